The number of halogens is 3. The summed E-state index contributed by atoms with van der Waals surface area (Å²) in [4.78, 5) is 22.5. The van der Waals surface area contributed by atoms with E-state index in [0.717, 1.165) is 18.3 Å². The first kappa shape index (κ1) is 17.9. The topological polar surface area (TPSA) is 114 Å². The smallest absolute Gasteiger partial charge is 0.434 e. The van der Waals surface area contributed by atoms with E-state index >= 15 is 0 Å². The summed E-state index contributed by atoms with van der Waals surface area (Å²) < 4.78 is 36.0. The lowest BCUT2D eigenvalue weighted by Gasteiger charge is -2.06. The molecule has 0 aliphatic heterocycles. The van der Waals surface area contributed by atoms with Gasteiger partial charge in [-0.3, -0.25) is 19.9 Å². The van der Waals surface area contributed by atoms with E-state index in [1.807, 2.05) is 0 Å². The molecule has 7 nitrogen and oxygen atoms in total. The molecule has 0 unspecified atom stereocenters. The van der Waals surface area contributed by atoms with Gasteiger partial charge in [-0.1, -0.05) is 6.07 Å². The van der Waals surface area contributed by atoms with Crippen molar-refractivity contribution in [2.75, 3.05) is 0 Å². The van der Waals surface area contributed by atoms with E-state index in [9.17, 15) is 28.1 Å². The number of benzene rings is 1. The Hall–Kier alpha value is -3.17. The van der Waals surface area contributed by atoms with Crippen molar-refractivity contribution in [1.29, 1.82) is 0 Å². The fourth-order valence-electron chi connectivity index (χ4n) is 1.42. The lowest BCUT2D eigenvalue weighted by molar-refractivity contribution is -0.386. The number of hydrogen-bond donors (Lipinski definition) is 2. The highest BCUT2D eigenvalue weighted by Crippen LogP contribution is 2.33. The van der Waals surface area contributed by atoms with Crippen LogP contribution in [0.3, 0.4) is 0 Å². The number of carbonyl (C=O) groups excluding carboxylic acids is 1. The first-order valence-corrected chi connectivity index (χ1v) is 5.81. The predicted octanol–water partition coefficient (Wildman–Crippen LogP) is 2.92. The van der Waals surface area contributed by atoms with Crippen LogP contribution in [0.2, 0.25) is 0 Å². The number of nitro groups is 1. The normalized spacial score (nSPS) is 10.4. The van der Waals surface area contributed by atoms with Gasteiger partial charge >= 0.3 is 11.9 Å². The zero-order valence-electron chi connectivity index (χ0n) is 11.2. The maximum atomic E-state index is 12.0. The number of hydrogen-bond acceptors (Lipinski definition) is 6. The highest BCUT2D eigenvalue weighted by atomic mass is 19.4. The Morgan fingerprint density at radius 3 is 2.26 bits per heavy atom. The largest absolute Gasteiger partial charge is 0.504 e. The number of rotatable bonds is 2. The van der Waals surface area contributed by atoms with Crippen molar-refractivity contribution in [3.8, 4) is 11.5 Å². The van der Waals surface area contributed by atoms with Crippen LogP contribution in [-0.4, -0.2) is 26.4 Å². The fourth-order valence-corrected chi connectivity index (χ4v) is 1.42. The minimum atomic E-state index is -4.56. The molecule has 0 aliphatic rings. The SMILES string of the molecule is O=Cc1cccnc1C(F)(F)F.O=[N+]([O-])c1cccc(O)c1O. The Bertz CT molecular complexity index is 719. The van der Waals surface area contributed by atoms with Crippen LogP contribution in [0.5, 0.6) is 11.5 Å². The van der Waals surface area contributed by atoms with Crippen molar-refractivity contribution < 1.29 is 33.1 Å². The number of aromatic hydroxyl groups is 2. The standard InChI is InChI=1S/C7H4F3NO.C6H5NO4/c8-7(9,10)6-5(4-12)2-1-3-11-6;8-5-3-1-2-4(6(5)9)7(10)11/h1-4H;1-3,8-9H. The first-order chi connectivity index (χ1) is 10.7. The van der Waals surface area contributed by atoms with E-state index in [1.165, 1.54) is 18.2 Å². The summed E-state index contributed by atoms with van der Waals surface area (Å²) in [6.07, 6.45) is -3.43. The summed E-state index contributed by atoms with van der Waals surface area (Å²) in [5.41, 5.74) is -2.07. The van der Waals surface area contributed by atoms with E-state index in [4.69, 9.17) is 10.2 Å². The average molecular weight is 330 g/mol. The number of carbonyl (C=O) groups is 1. The third kappa shape index (κ3) is 4.66. The van der Waals surface area contributed by atoms with E-state index in [-0.39, 0.29) is 6.29 Å². The van der Waals surface area contributed by atoms with Crippen LogP contribution in [0.4, 0.5) is 18.9 Å². The molecule has 0 amide bonds. The molecule has 0 bridgehead atoms. The van der Waals surface area contributed by atoms with Gasteiger partial charge in [0.2, 0.25) is 5.75 Å². The molecule has 1 aromatic heterocycles. The Balaban J connectivity index is 0.000000231. The number of pyridine rings is 1. The Morgan fingerprint density at radius 2 is 1.83 bits per heavy atom. The monoisotopic (exact) mass is 330 g/mol. The molecule has 0 radical (unpaired) electrons. The molecule has 2 N–H and O–H groups in total. The van der Waals surface area contributed by atoms with Gasteiger partial charge in [0, 0.05) is 17.8 Å². The molecular formula is C13H9F3N2O5. The van der Waals surface area contributed by atoms with Crippen molar-refractivity contribution in [2.45, 2.75) is 6.18 Å². The summed E-state index contributed by atoms with van der Waals surface area (Å²) >= 11 is 0. The lowest BCUT2D eigenvalue weighted by atomic mass is 10.2. The number of para-hydroxylation sites is 1. The van der Waals surface area contributed by atoms with Gasteiger partial charge in [-0.2, -0.15) is 13.2 Å². The van der Waals surface area contributed by atoms with Crippen LogP contribution < -0.4 is 0 Å². The molecule has 10 heteroatoms. The van der Waals surface area contributed by atoms with Gasteiger partial charge in [0.15, 0.2) is 17.7 Å². The van der Waals surface area contributed by atoms with Crippen molar-refractivity contribution >= 4 is 12.0 Å². The summed E-state index contributed by atoms with van der Waals surface area (Å²) in [7, 11) is 0. The molecule has 0 saturated carbocycles. The number of nitro benzene ring substituents is 1. The van der Waals surface area contributed by atoms with Crippen LogP contribution in [0, 0.1) is 10.1 Å². The third-order valence-electron chi connectivity index (χ3n) is 2.42. The van der Waals surface area contributed by atoms with Crippen molar-refractivity contribution in [3.63, 3.8) is 0 Å². The number of aromatic nitrogens is 1. The molecule has 2 rings (SSSR count). The second-order valence-corrected chi connectivity index (χ2v) is 3.96. The molecule has 0 fully saturated rings. The fraction of sp³-hybridized carbons (Fsp3) is 0.0769. The molecule has 0 saturated heterocycles. The molecular weight excluding hydrogens is 321 g/mol. The van der Waals surface area contributed by atoms with Crippen LogP contribution >= 0.6 is 0 Å². The summed E-state index contributed by atoms with van der Waals surface area (Å²) in [6.45, 7) is 0. The van der Waals surface area contributed by atoms with Crippen molar-refractivity contribution in [1.82, 2.24) is 4.98 Å². The highest BCUT2D eigenvalue weighted by Gasteiger charge is 2.34. The van der Waals surface area contributed by atoms with Gasteiger partial charge in [-0.15, -0.1) is 0 Å². The van der Waals surface area contributed by atoms with E-state index in [0.29, 0.717) is 0 Å². The molecule has 23 heavy (non-hydrogen) atoms. The van der Waals surface area contributed by atoms with Gasteiger partial charge in [-0.05, 0) is 18.2 Å². The maximum Gasteiger partial charge on any atom is 0.434 e. The summed E-state index contributed by atoms with van der Waals surface area (Å²) in [5, 5.41) is 27.8. The van der Waals surface area contributed by atoms with E-state index in [1.54, 1.807) is 0 Å². The molecule has 0 aliphatic carbocycles. The van der Waals surface area contributed by atoms with Gasteiger partial charge in [0.1, 0.15) is 0 Å². The van der Waals surface area contributed by atoms with Crippen LogP contribution in [0.15, 0.2) is 36.5 Å². The molecule has 0 spiro atoms. The average Bonchev–Trinajstić information content (AvgIpc) is 2.49. The minimum absolute atomic E-state index is 0.135. The minimum Gasteiger partial charge on any atom is -0.504 e. The molecule has 2 aromatic rings. The lowest BCUT2D eigenvalue weighted by Crippen LogP contribution is -2.11. The van der Waals surface area contributed by atoms with E-state index < -0.39 is 39.5 Å². The first-order valence-electron chi connectivity index (χ1n) is 5.81. The molecule has 122 valence electrons. The van der Waals surface area contributed by atoms with Crippen LogP contribution in [0.25, 0.3) is 0 Å². The highest BCUT2D eigenvalue weighted by molar-refractivity contribution is 5.76. The summed E-state index contributed by atoms with van der Waals surface area (Å²) in [6, 6.07) is 5.91. The second-order valence-electron chi connectivity index (χ2n) is 3.96. The molecule has 1 heterocycles. The quantitative estimate of drug-likeness (QED) is 0.379. The van der Waals surface area contributed by atoms with Crippen molar-refractivity contribution in [2.24, 2.45) is 0 Å². The van der Waals surface area contributed by atoms with Crippen molar-refractivity contribution in [3.05, 3.63) is 57.9 Å². The number of alkyl halides is 3. The zero-order chi connectivity index (χ0) is 17.6. The Kier molecular flexibility index (Phi) is 5.60. The van der Waals surface area contributed by atoms with Gasteiger partial charge in [0.05, 0.1) is 4.92 Å². The summed E-state index contributed by atoms with van der Waals surface area (Å²) in [5.74, 6) is -1.18. The number of aldehydes is 1. The van der Waals surface area contributed by atoms with Gasteiger partial charge < -0.3 is 10.2 Å². The van der Waals surface area contributed by atoms with Gasteiger partial charge in [-0.25, -0.2) is 0 Å². The number of phenolic OH excluding ortho intramolecular Hbond substituents is 2. The Morgan fingerprint density at radius 1 is 1.17 bits per heavy atom. The maximum absolute atomic E-state index is 12.0. The number of phenols is 2. The zero-order valence-corrected chi connectivity index (χ0v) is 11.2. The van der Waals surface area contributed by atoms with Gasteiger partial charge in [0.25, 0.3) is 0 Å². The number of nitrogens with zero attached hydrogens (tertiary/aromatic N) is 2. The Labute approximate surface area is 126 Å². The molecule has 0 atom stereocenters. The third-order valence-corrected chi connectivity index (χ3v) is 2.42. The predicted molar refractivity (Wildman–Crippen MR) is 71.1 cm³/mol. The van der Waals surface area contributed by atoms with Crippen LogP contribution in [-0.2, 0) is 6.18 Å². The van der Waals surface area contributed by atoms with E-state index in [2.05, 4.69) is 4.98 Å². The van der Waals surface area contributed by atoms with Crippen LogP contribution in [0.1, 0.15) is 16.1 Å². The molecule has 1 aromatic carbocycles. The second kappa shape index (κ2) is 7.20.